The number of imidazole rings is 1. The van der Waals surface area contributed by atoms with Gasteiger partial charge in [0.1, 0.15) is 5.82 Å². The molecule has 3 aromatic rings. The van der Waals surface area contributed by atoms with Crippen molar-refractivity contribution >= 4 is 48.8 Å². The third kappa shape index (κ3) is 2.59. The van der Waals surface area contributed by atoms with Crippen LogP contribution in [0.2, 0.25) is 0 Å². The Morgan fingerprint density at radius 1 is 1.38 bits per heavy atom. The molecule has 0 bridgehead atoms. The average Bonchev–Trinajstić information content (AvgIpc) is 3.05. The third-order valence-electron chi connectivity index (χ3n) is 2.57. The average molecular weight is 344 g/mol. The molecule has 0 unspecified atom stereocenters. The normalized spacial score (nSPS) is 11.9. The Kier molecular flexibility index (Phi) is 3.55. The number of aryl methyl sites for hydroxylation is 1. The van der Waals surface area contributed by atoms with Crippen molar-refractivity contribution in [2.75, 3.05) is 16.6 Å². The lowest BCUT2D eigenvalue weighted by Gasteiger charge is -2.06. The van der Waals surface area contributed by atoms with Crippen molar-refractivity contribution in [3.63, 3.8) is 0 Å². The fourth-order valence-corrected chi connectivity index (χ4v) is 4.64. The first kappa shape index (κ1) is 14.2. The van der Waals surface area contributed by atoms with Crippen molar-refractivity contribution in [3.05, 3.63) is 17.4 Å². The Bertz CT molecular complexity index is 878. The highest BCUT2D eigenvalue weighted by Crippen LogP contribution is 2.27. The molecule has 0 saturated carbocycles. The zero-order chi connectivity index (χ0) is 15.0. The lowest BCUT2D eigenvalue weighted by Crippen LogP contribution is -2.17. The zero-order valence-electron chi connectivity index (χ0n) is 11.2. The zero-order valence-corrected chi connectivity index (χ0v) is 13.6. The first-order valence-electron chi connectivity index (χ1n) is 6.04. The minimum Gasteiger partial charge on any atom is -0.368 e. The number of rotatable bonds is 5. The summed E-state index contributed by atoms with van der Waals surface area (Å²) in [6.45, 7) is 4.16. The molecule has 3 heterocycles. The highest BCUT2D eigenvalue weighted by molar-refractivity contribution is 7.93. The molecule has 3 rings (SSSR count). The SMILES string of the molecule is CCNc1nc2sccn2c1S(=O)(=O)Nc1nc(C)ns1. The van der Waals surface area contributed by atoms with Crippen LogP contribution >= 0.6 is 22.9 Å². The molecule has 0 amide bonds. The van der Waals surface area contributed by atoms with E-state index < -0.39 is 10.0 Å². The van der Waals surface area contributed by atoms with Crippen molar-refractivity contribution in [1.29, 1.82) is 0 Å². The molecule has 0 radical (unpaired) electrons. The van der Waals surface area contributed by atoms with Gasteiger partial charge in [0.05, 0.1) is 0 Å². The van der Waals surface area contributed by atoms with Crippen molar-refractivity contribution in [2.24, 2.45) is 0 Å². The predicted octanol–water partition coefficient (Wildman–Crippen LogP) is 1.79. The van der Waals surface area contributed by atoms with Crippen LogP contribution in [0.4, 0.5) is 10.9 Å². The molecule has 0 fully saturated rings. The second kappa shape index (κ2) is 5.24. The summed E-state index contributed by atoms with van der Waals surface area (Å²) in [6, 6.07) is 0. The molecule has 8 nitrogen and oxygen atoms in total. The molecule has 0 saturated heterocycles. The van der Waals surface area contributed by atoms with E-state index in [0.29, 0.717) is 23.1 Å². The van der Waals surface area contributed by atoms with Gasteiger partial charge in [-0.1, -0.05) is 0 Å². The summed E-state index contributed by atoms with van der Waals surface area (Å²) < 4.78 is 33.2. The van der Waals surface area contributed by atoms with Gasteiger partial charge in [-0.3, -0.25) is 9.12 Å². The Morgan fingerprint density at radius 3 is 2.86 bits per heavy atom. The van der Waals surface area contributed by atoms with Gasteiger partial charge in [0.25, 0.3) is 10.0 Å². The summed E-state index contributed by atoms with van der Waals surface area (Å²) in [4.78, 5) is 8.92. The maximum atomic E-state index is 12.6. The number of sulfonamides is 1. The Morgan fingerprint density at radius 2 is 2.19 bits per heavy atom. The summed E-state index contributed by atoms with van der Waals surface area (Å²) in [5.41, 5.74) is 0. The monoisotopic (exact) mass is 344 g/mol. The molecular weight excluding hydrogens is 332 g/mol. The minimum absolute atomic E-state index is 0.0773. The Balaban J connectivity index is 2.08. The summed E-state index contributed by atoms with van der Waals surface area (Å²) in [6.07, 6.45) is 1.67. The van der Waals surface area contributed by atoms with Crippen LogP contribution in [-0.4, -0.2) is 33.7 Å². The molecule has 3 aromatic heterocycles. The van der Waals surface area contributed by atoms with E-state index in [2.05, 4.69) is 24.4 Å². The number of aromatic nitrogens is 4. The first-order chi connectivity index (χ1) is 10.0. The van der Waals surface area contributed by atoms with Crippen molar-refractivity contribution < 1.29 is 8.42 Å². The molecular formula is C10H12N6O2S3. The van der Waals surface area contributed by atoms with E-state index in [1.54, 1.807) is 22.9 Å². The molecule has 0 atom stereocenters. The maximum absolute atomic E-state index is 12.6. The number of anilines is 2. The van der Waals surface area contributed by atoms with E-state index in [0.717, 1.165) is 11.5 Å². The van der Waals surface area contributed by atoms with Crippen LogP contribution in [0.1, 0.15) is 12.7 Å². The molecule has 21 heavy (non-hydrogen) atoms. The molecule has 0 spiro atoms. The van der Waals surface area contributed by atoms with E-state index in [1.165, 1.54) is 11.3 Å². The van der Waals surface area contributed by atoms with Gasteiger partial charge in [-0.05, 0) is 13.8 Å². The van der Waals surface area contributed by atoms with Crippen molar-refractivity contribution in [2.45, 2.75) is 18.9 Å². The summed E-state index contributed by atoms with van der Waals surface area (Å²) in [5, 5.41) is 5.07. The lowest BCUT2D eigenvalue weighted by atomic mass is 10.6. The maximum Gasteiger partial charge on any atom is 0.283 e. The highest BCUT2D eigenvalue weighted by Gasteiger charge is 2.26. The fraction of sp³-hybridized carbons (Fsp3) is 0.300. The molecule has 112 valence electrons. The fourth-order valence-electron chi connectivity index (χ4n) is 1.81. The van der Waals surface area contributed by atoms with Gasteiger partial charge in [0.2, 0.25) is 10.2 Å². The van der Waals surface area contributed by atoms with Gasteiger partial charge in [-0.2, -0.15) is 12.8 Å². The van der Waals surface area contributed by atoms with E-state index in [9.17, 15) is 8.42 Å². The summed E-state index contributed by atoms with van der Waals surface area (Å²) in [7, 11) is -3.80. The second-order valence-electron chi connectivity index (χ2n) is 4.10. The largest absolute Gasteiger partial charge is 0.368 e. The van der Waals surface area contributed by atoms with Crippen LogP contribution in [0, 0.1) is 6.92 Å². The van der Waals surface area contributed by atoms with Gasteiger partial charge < -0.3 is 5.32 Å². The van der Waals surface area contributed by atoms with Crippen LogP contribution in [-0.2, 0) is 10.0 Å². The number of hydrogen-bond acceptors (Lipinski definition) is 8. The van der Waals surface area contributed by atoms with Crippen LogP contribution in [0.3, 0.4) is 0 Å². The quantitative estimate of drug-likeness (QED) is 0.732. The van der Waals surface area contributed by atoms with Crippen LogP contribution < -0.4 is 10.0 Å². The third-order valence-corrected chi connectivity index (χ3v) is 5.54. The minimum atomic E-state index is -3.80. The van der Waals surface area contributed by atoms with Gasteiger partial charge in [0.15, 0.2) is 10.8 Å². The van der Waals surface area contributed by atoms with E-state index in [1.807, 2.05) is 6.92 Å². The first-order valence-corrected chi connectivity index (χ1v) is 9.17. The number of nitrogens with zero attached hydrogens (tertiary/aromatic N) is 4. The van der Waals surface area contributed by atoms with Crippen LogP contribution in [0.15, 0.2) is 16.6 Å². The highest BCUT2D eigenvalue weighted by atomic mass is 32.2. The predicted molar refractivity (Wildman–Crippen MR) is 82.7 cm³/mol. The van der Waals surface area contributed by atoms with Crippen molar-refractivity contribution in [1.82, 2.24) is 18.7 Å². The molecule has 0 aromatic carbocycles. The van der Waals surface area contributed by atoms with E-state index in [4.69, 9.17) is 0 Å². The smallest absolute Gasteiger partial charge is 0.283 e. The molecule has 0 aliphatic heterocycles. The number of hydrogen-bond donors (Lipinski definition) is 2. The van der Waals surface area contributed by atoms with Gasteiger partial charge in [-0.15, -0.1) is 11.3 Å². The summed E-state index contributed by atoms with van der Waals surface area (Å²) in [5.74, 6) is 0.858. The molecule has 0 aliphatic carbocycles. The Hall–Kier alpha value is -1.72. The number of thiazole rings is 1. The molecule has 11 heteroatoms. The number of fused-ring (bicyclic) bond motifs is 1. The molecule has 0 aliphatic rings. The van der Waals surface area contributed by atoms with Gasteiger partial charge >= 0.3 is 0 Å². The van der Waals surface area contributed by atoms with Gasteiger partial charge in [0, 0.05) is 29.7 Å². The Labute approximate surface area is 129 Å². The topological polar surface area (TPSA) is 101 Å². The lowest BCUT2D eigenvalue weighted by molar-refractivity contribution is 0.597. The summed E-state index contributed by atoms with van der Waals surface area (Å²) >= 11 is 2.37. The number of nitrogens with one attached hydrogen (secondary N) is 2. The van der Waals surface area contributed by atoms with E-state index in [-0.39, 0.29) is 10.2 Å². The van der Waals surface area contributed by atoms with Gasteiger partial charge in [-0.25, -0.2) is 9.97 Å². The van der Waals surface area contributed by atoms with E-state index >= 15 is 0 Å². The molecule has 2 N–H and O–H groups in total. The van der Waals surface area contributed by atoms with Crippen molar-refractivity contribution in [3.8, 4) is 0 Å². The van der Waals surface area contributed by atoms with Crippen LogP contribution in [0.5, 0.6) is 0 Å². The second-order valence-corrected chi connectivity index (χ2v) is 7.33. The van der Waals surface area contributed by atoms with Crippen LogP contribution in [0.25, 0.3) is 4.96 Å². The standard InChI is InChI=1S/C10H12N6O2S3/c1-3-11-7-8(16-4-5-19-10(16)13-7)21(17,18)15-9-12-6(2)14-20-9/h4-5,11H,3H2,1-2H3,(H,12,14,15).